The smallest absolute Gasteiger partial charge is 0.0719 e. The van der Waals surface area contributed by atoms with E-state index < -0.39 is 0 Å². The van der Waals surface area contributed by atoms with Crippen LogP contribution in [0.1, 0.15) is 64.2 Å². The Balaban J connectivity index is 1.53. The highest BCUT2D eigenvalue weighted by Crippen LogP contribution is 2.24. The maximum absolute atomic E-state index is 4.93. The van der Waals surface area contributed by atoms with E-state index in [4.69, 9.17) is 9.98 Å². The molecule has 0 bridgehead atoms. The molecule has 4 nitrogen and oxygen atoms in total. The Morgan fingerprint density at radius 2 is 1.05 bits per heavy atom. The van der Waals surface area contributed by atoms with Crippen LogP contribution in [0.3, 0.4) is 0 Å². The van der Waals surface area contributed by atoms with Crippen LogP contribution in [0, 0.1) is 0 Å². The summed E-state index contributed by atoms with van der Waals surface area (Å²) in [5.74, 6) is 0. The number of hydrogen-bond acceptors (Lipinski definition) is 4. The normalized spacial score (nSPS) is 37.8. The van der Waals surface area contributed by atoms with E-state index in [1.165, 1.54) is 64.2 Å². The third-order valence-corrected chi connectivity index (χ3v) is 5.31. The number of piperidine rings is 2. The lowest BCUT2D eigenvalue weighted by molar-refractivity contribution is 0.385. The lowest BCUT2D eigenvalue weighted by Crippen LogP contribution is -2.37. The van der Waals surface area contributed by atoms with Crippen LogP contribution >= 0.6 is 0 Å². The molecule has 124 valence electrons. The van der Waals surface area contributed by atoms with Crippen LogP contribution in [0.4, 0.5) is 0 Å². The Morgan fingerprint density at radius 1 is 0.591 bits per heavy atom. The second-order valence-electron chi connectivity index (χ2n) is 7.13. The first-order valence-corrected chi connectivity index (χ1v) is 9.45. The van der Waals surface area contributed by atoms with Crippen molar-refractivity contribution in [2.75, 3.05) is 13.1 Å². The average molecular weight is 304 g/mol. The van der Waals surface area contributed by atoms with Gasteiger partial charge in [-0.25, -0.2) is 0 Å². The second kappa shape index (κ2) is 8.78. The van der Waals surface area contributed by atoms with Gasteiger partial charge >= 0.3 is 0 Å². The van der Waals surface area contributed by atoms with Gasteiger partial charge in [0.05, 0.1) is 12.1 Å². The first-order valence-electron chi connectivity index (χ1n) is 9.45. The highest BCUT2D eigenvalue weighted by Gasteiger charge is 2.24. The Labute approximate surface area is 135 Å². The number of rotatable bonds is 4. The third kappa shape index (κ3) is 4.88. The minimum absolute atomic E-state index is 0.414. The molecule has 3 rings (SSSR count). The van der Waals surface area contributed by atoms with Gasteiger partial charge in [-0.1, -0.05) is 25.7 Å². The van der Waals surface area contributed by atoms with Crippen LogP contribution < -0.4 is 10.6 Å². The maximum atomic E-state index is 4.93. The van der Waals surface area contributed by atoms with Gasteiger partial charge in [0.15, 0.2) is 0 Å². The quantitative estimate of drug-likeness (QED) is 0.785. The van der Waals surface area contributed by atoms with E-state index in [9.17, 15) is 0 Å². The van der Waals surface area contributed by atoms with E-state index in [0.717, 1.165) is 13.1 Å². The molecule has 22 heavy (non-hydrogen) atoms. The van der Waals surface area contributed by atoms with Crippen molar-refractivity contribution >= 4 is 12.4 Å². The zero-order valence-corrected chi connectivity index (χ0v) is 13.8. The minimum atomic E-state index is 0.414. The predicted molar refractivity (Wildman–Crippen MR) is 94.3 cm³/mol. The van der Waals surface area contributed by atoms with Crippen LogP contribution in [0.5, 0.6) is 0 Å². The van der Waals surface area contributed by atoms with Gasteiger partial charge in [-0.15, -0.1) is 0 Å². The number of nitrogens with zero attached hydrogens (tertiary/aromatic N) is 2. The summed E-state index contributed by atoms with van der Waals surface area (Å²) in [6, 6.07) is 1.83. The van der Waals surface area contributed by atoms with Crippen molar-refractivity contribution in [1.29, 1.82) is 0 Å². The standard InChI is InChI=1S/C18H32N4/c1-2-10-18(22-14-16-8-4-6-12-20-16)17(9-1)21-13-15-7-3-5-11-19-15/h13-20H,1-12H2. The van der Waals surface area contributed by atoms with Crippen LogP contribution in [0.15, 0.2) is 9.98 Å². The monoisotopic (exact) mass is 304 g/mol. The van der Waals surface area contributed by atoms with E-state index in [1.807, 2.05) is 0 Å². The summed E-state index contributed by atoms with van der Waals surface area (Å²) in [7, 11) is 0. The number of nitrogens with one attached hydrogen (secondary N) is 2. The molecule has 0 amide bonds. The van der Waals surface area contributed by atoms with E-state index in [0.29, 0.717) is 24.2 Å². The van der Waals surface area contributed by atoms with Crippen molar-refractivity contribution in [3.8, 4) is 0 Å². The molecule has 3 aliphatic rings. The molecule has 1 aliphatic carbocycles. The zero-order chi connectivity index (χ0) is 15.0. The molecule has 2 heterocycles. The van der Waals surface area contributed by atoms with Crippen LogP contribution in [0.2, 0.25) is 0 Å². The fourth-order valence-electron chi connectivity index (χ4n) is 3.88. The highest BCUT2D eigenvalue weighted by molar-refractivity contribution is 5.66. The Kier molecular flexibility index (Phi) is 6.44. The molecular weight excluding hydrogens is 272 g/mol. The molecule has 4 unspecified atom stereocenters. The first kappa shape index (κ1) is 16.1. The van der Waals surface area contributed by atoms with Crippen LogP contribution in [-0.4, -0.2) is 49.7 Å². The summed E-state index contributed by atoms with van der Waals surface area (Å²) in [6.07, 6.45) is 17.2. The van der Waals surface area contributed by atoms with E-state index in [-0.39, 0.29) is 0 Å². The van der Waals surface area contributed by atoms with Gasteiger partial charge in [-0.2, -0.15) is 0 Å². The molecular formula is C18H32N4. The predicted octanol–water partition coefficient (Wildman–Crippen LogP) is 2.72. The molecule has 2 saturated heterocycles. The summed E-state index contributed by atoms with van der Waals surface area (Å²) in [6.45, 7) is 2.30. The molecule has 1 saturated carbocycles. The molecule has 0 aromatic heterocycles. The van der Waals surface area contributed by atoms with Crippen molar-refractivity contribution in [1.82, 2.24) is 10.6 Å². The average Bonchev–Trinajstić information content (AvgIpc) is 2.61. The minimum Gasteiger partial charge on any atom is -0.309 e. The van der Waals surface area contributed by atoms with Crippen molar-refractivity contribution in [3.63, 3.8) is 0 Å². The Hall–Kier alpha value is -0.740. The van der Waals surface area contributed by atoms with Gasteiger partial charge in [-0.05, 0) is 51.6 Å². The van der Waals surface area contributed by atoms with E-state index in [2.05, 4.69) is 23.1 Å². The summed E-state index contributed by atoms with van der Waals surface area (Å²) in [4.78, 5) is 9.86. The summed E-state index contributed by atoms with van der Waals surface area (Å²) >= 11 is 0. The fourth-order valence-corrected chi connectivity index (χ4v) is 3.88. The van der Waals surface area contributed by atoms with E-state index >= 15 is 0 Å². The second-order valence-corrected chi connectivity index (χ2v) is 7.13. The summed E-state index contributed by atoms with van der Waals surface area (Å²) in [5.41, 5.74) is 0. The molecule has 4 heteroatoms. The molecule has 2 aliphatic heterocycles. The molecule has 4 atom stereocenters. The van der Waals surface area contributed by atoms with Crippen molar-refractivity contribution in [2.45, 2.75) is 88.4 Å². The molecule has 0 aromatic rings. The molecule has 2 N–H and O–H groups in total. The lowest BCUT2D eigenvalue weighted by atomic mass is 9.91. The van der Waals surface area contributed by atoms with Crippen molar-refractivity contribution < 1.29 is 0 Å². The highest BCUT2D eigenvalue weighted by atomic mass is 15.0. The van der Waals surface area contributed by atoms with Gasteiger partial charge in [0.2, 0.25) is 0 Å². The van der Waals surface area contributed by atoms with Crippen LogP contribution in [0.25, 0.3) is 0 Å². The molecule has 0 radical (unpaired) electrons. The topological polar surface area (TPSA) is 48.8 Å². The van der Waals surface area contributed by atoms with Gasteiger partial charge in [0, 0.05) is 24.5 Å². The third-order valence-electron chi connectivity index (χ3n) is 5.31. The van der Waals surface area contributed by atoms with Crippen LogP contribution in [-0.2, 0) is 0 Å². The summed E-state index contributed by atoms with van der Waals surface area (Å²) in [5, 5.41) is 7.12. The van der Waals surface area contributed by atoms with Crippen molar-refractivity contribution in [2.24, 2.45) is 9.98 Å². The number of aliphatic imine (C=N–C) groups is 2. The first-order chi connectivity index (χ1) is 10.9. The Bertz CT molecular complexity index is 331. The molecule has 0 aromatic carbocycles. The van der Waals surface area contributed by atoms with E-state index in [1.54, 1.807) is 0 Å². The molecule has 0 spiro atoms. The van der Waals surface area contributed by atoms with Crippen molar-refractivity contribution in [3.05, 3.63) is 0 Å². The maximum Gasteiger partial charge on any atom is 0.0719 e. The zero-order valence-electron chi connectivity index (χ0n) is 13.8. The number of hydrogen-bond donors (Lipinski definition) is 2. The lowest BCUT2D eigenvalue weighted by Gasteiger charge is -2.28. The summed E-state index contributed by atoms with van der Waals surface area (Å²) < 4.78 is 0. The molecule has 3 fully saturated rings. The SMILES string of the molecule is C(=NC1CCCCC1N=CC1CCCCN1)C1CCCCN1. The largest absolute Gasteiger partial charge is 0.309 e. The van der Waals surface area contributed by atoms with Gasteiger partial charge < -0.3 is 10.6 Å². The fraction of sp³-hybridized carbons (Fsp3) is 0.889. The van der Waals surface area contributed by atoms with Gasteiger partial charge in [-0.3, -0.25) is 9.98 Å². The Morgan fingerprint density at radius 3 is 1.45 bits per heavy atom. The van der Waals surface area contributed by atoms with Gasteiger partial charge in [0.1, 0.15) is 0 Å². The van der Waals surface area contributed by atoms with Gasteiger partial charge in [0.25, 0.3) is 0 Å².